The minimum Gasteiger partial charge on any atom is -0.465 e. The zero-order valence-corrected chi connectivity index (χ0v) is 19.1. The molecular weight excluding hydrogens is 432 g/mol. The van der Waals surface area contributed by atoms with Crippen LogP contribution in [0.15, 0.2) is 30.3 Å². The number of nitrogens with zero attached hydrogens (tertiary/aromatic N) is 1. The highest BCUT2D eigenvalue weighted by Gasteiger charge is 2.32. The van der Waals surface area contributed by atoms with Gasteiger partial charge in [0.05, 0.1) is 12.2 Å². The van der Waals surface area contributed by atoms with Crippen LogP contribution in [0.2, 0.25) is 0 Å². The minimum atomic E-state index is -0.699. The van der Waals surface area contributed by atoms with Gasteiger partial charge in [0.25, 0.3) is 5.91 Å². The first-order valence-corrected chi connectivity index (χ1v) is 11.2. The number of ether oxygens (including phenoxy) is 2. The lowest BCUT2D eigenvalue weighted by molar-refractivity contribution is -0.142. The molecule has 3 rings (SSSR count). The van der Waals surface area contributed by atoms with Gasteiger partial charge in [0.1, 0.15) is 11.5 Å². The first-order valence-electron chi connectivity index (χ1n) is 10.4. The zero-order chi connectivity index (χ0) is 23.3. The van der Waals surface area contributed by atoms with E-state index in [4.69, 9.17) is 9.47 Å². The van der Waals surface area contributed by atoms with Gasteiger partial charge in [0.2, 0.25) is 5.91 Å². The molecule has 9 heteroatoms. The van der Waals surface area contributed by atoms with Crippen LogP contribution in [-0.4, -0.2) is 43.5 Å². The largest absolute Gasteiger partial charge is 0.465 e. The van der Waals surface area contributed by atoms with E-state index in [1.54, 1.807) is 44.2 Å². The maximum Gasteiger partial charge on any atom is 0.341 e. The van der Waals surface area contributed by atoms with Crippen molar-refractivity contribution >= 4 is 45.8 Å². The third kappa shape index (κ3) is 5.73. The number of nitrogens with one attached hydrogen (secondary N) is 1. The van der Waals surface area contributed by atoms with E-state index in [1.165, 1.54) is 16.2 Å². The number of para-hydroxylation sites is 1. The minimum absolute atomic E-state index is 0.00883. The average molecular weight is 459 g/mol. The van der Waals surface area contributed by atoms with Crippen LogP contribution in [0, 0.1) is 19.8 Å². The molecule has 1 N–H and O–H groups in total. The van der Waals surface area contributed by atoms with E-state index >= 15 is 0 Å². The third-order valence-electron chi connectivity index (χ3n) is 5.06. The van der Waals surface area contributed by atoms with Crippen molar-refractivity contribution in [2.75, 3.05) is 30.0 Å². The van der Waals surface area contributed by atoms with Crippen LogP contribution >= 0.6 is 11.3 Å². The standard InChI is InChI=1S/C23H26N2O6S/c1-4-30-19(27)12-25(17-8-6-5-7-9-17)18(26)13-31-23(29)20-14(2)15(3)32-22(20)24-21(28)16-10-11-16/h5-9,16H,4,10-13H2,1-3H3,(H,24,28). The van der Waals surface area contributed by atoms with Crippen LogP contribution in [0.4, 0.5) is 10.7 Å². The summed E-state index contributed by atoms with van der Waals surface area (Å²) in [4.78, 5) is 51.9. The molecule has 1 heterocycles. The molecule has 0 saturated heterocycles. The van der Waals surface area contributed by atoms with Crippen molar-refractivity contribution in [1.82, 2.24) is 0 Å². The number of anilines is 2. The Morgan fingerprint density at radius 1 is 1.09 bits per heavy atom. The summed E-state index contributed by atoms with van der Waals surface area (Å²) in [7, 11) is 0. The van der Waals surface area contributed by atoms with Crippen molar-refractivity contribution in [3.63, 3.8) is 0 Å². The Morgan fingerprint density at radius 2 is 1.78 bits per heavy atom. The quantitative estimate of drug-likeness (QED) is 0.578. The molecule has 0 unspecified atom stereocenters. The highest BCUT2D eigenvalue weighted by atomic mass is 32.1. The molecule has 2 amide bonds. The normalized spacial score (nSPS) is 12.7. The van der Waals surface area contributed by atoms with Crippen LogP contribution in [-0.2, 0) is 23.9 Å². The predicted octanol–water partition coefficient (Wildman–Crippen LogP) is 3.47. The molecule has 0 spiro atoms. The van der Waals surface area contributed by atoms with Crippen LogP contribution in [0.3, 0.4) is 0 Å². The molecule has 8 nitrogen and oxygen atoms in total. The van der Waals surface area contributed by atoms with Gasteiger partial charge in [0, 0.05) is 16.5 Å². The van der Waals surface area contributed by atoms with Gasteiger partial charge in [-0.2, -0.15) is 0 Å². The number of amides is 2. The van der Waals surface area contributed by atoms with E-state index in [-0.39, 0.29) is 30.5 Å². The van der Waals surface area contributed by atoms with Crippen molar-refractivity contribution < 1.29 is 28.7 Å². The van der Waals surface area contributed by atoms with Crippen LogP contribution in [0.25, 0.3) is 0 Å². The maximum atomic E-state index is 12.8. The second-order valence-electron chi connectivity index (χ2n) is 7.45. The summed E-state index contributed by atoms with van der Waals surface area (Å²) in [6.45, 7) is 4.64. The van der Waals surface area contributed by atoms with Crippen molar-refractivity contribution in [1.29, 1.82) is 0 Å². The van der Waals surface area contributed by atoms with Gasteiger partial charge in [-0.25, -0.2) is 4.79 Å². The second kappa shape index (κ2) is 10.4. The monoisotopic (exact) mass is 458 g/mol. The molecule has 1 aromatic heterocycles. The number of benzene rings is 1. The number of rotatable bonds is 9. The Labute approximate surface area is 190 Å². The molecule has 32 heavy (non-hydrogen) atoms. The lowest BCUT2D eigenvalue weighted by Gasteiger charge is -2.21. The molecule has 0 aliphatic heterocycles. The van der Waals surface area contributed by atoms with Gasteiger partial charge in [0.15, 0.2) is 6.61 Å². The smallest absolute Gasteiger partial charge is 0.341 e. The Bertz CT molecular complexity index is 1010. The summed E-state index contributed by atoms with van der Waals surface area (Å²) >= 11 is 1.30. The lowest BCUT2D eigenvalue weighted by atomic mass is 10.1. The van der Waals surface area contributed by atoms with Crippen molar-refractivity contribution in [3.05, 3.63) is 46.3 Å². The van der Waals surface area contributed by atoms with Gasteiger partial charge < -0.3 is 14.8 Å². The second-order valence-corrected chi connectivity index (χ2v) is 8.67. The van der Waals surface area contributed by atoms with Gasteiger partial charge in [-0.15, -0.1) is 11.3 Å². The summed E-state index contributed by atoms with van der Waals surface area (Å²) < 4.78 is 10.3. The summed E-state index contributed by atoms with van der Waals surface area (Å²) in [5.41, 5.74) is 1.44. The summed E-state index contributed by atoms with van der Waals surface area (Å²) in [6.07, 6.45) is 1.69. The lowest BCUT2D eigenvalue weighted by Crippen LogP contribution is -2.39. The van der Waals surface area contributed by atoms with E-state index in [0.717, 1.165) is 17.7 Å². The number of esters is 2. The summed E-state index contributed by atoms with van der Waals surface area (Å²) in [6, 6.07) is 8.61. The van der Waals surface area contributed by atoms with Crippen LogP contribution in [0.5, 0.6) is 0 Å². The molecule has 1 fully saturated rings. The Balaban J connectivity index is 1.71. The van der Waals surface area contributed by atoms with Gasteiger partial charge >= 0.3 is 11.9 Å². The number of aryl methyl sites for hydroxylation is 1. The van der Waals surface area contributed by atoms with E-state index in [0.29, 0.717) is 16.3 Å². The molecule has 170 valence electrons. The van der Waals surface area contributed by atoms with Crippen molar-refractivity contribution in [3.8, 4) is 0 Å². The topological polar surface area (TPSA) is 102 Å². The molecule has 1 saturated carbocycles. The van der Waals surface area contributed by atoms with E-state index < -0.39 is 24.5 Å². The van der Waals surface area contributed by atoms with Crippen LogP contribution in [0.1, 0.15) is 40.6 Å². The first kappa shape index (κ1) is 23.5. The fourth-order valence-electron chi connectivity index (χ4n) is 3.06. The summed E-state index contributed by atoms with van der Waals surface area (Å²) in [5.74, 6) is -1.95. The molecule has 1 aliphatic rings. The average Bonchev–Trinajstić information content (AvgIpc) is 3.58. The van der Waals surface area contributed by atoms with Gasteiger partial charge in [-0.3, -0.25) is 19.3 Å². The highest BCUT2D eigenvalue weighted by Crippen LogP contribution is 2.36. The number of carbonyl (C=O) groups is 4. The Morgan fingerprint density at radius 3 is 2.41 bits per heavy atom. The summed E-state index contributed by atoms with van der Waals surface area (Å²) in [5, 5.41) is 3.24. The van der Waals surface area contributed by atoms with E-state index in [2.05, 4.69) is 5.32 Å². The molecule has 1 aromatic carbocycles. The van der Waals surface area contributed by atoms with Crippen LogP contribution < -0.4 is 10.2 Å². The Kier molecular flexibility index (Phi) is 7.63. The highest BCUT2D eigenvalue weighted by molar-refractivity contribution is 7.16. The molecule has 0 bridgehead atoms. The molecule has 0 radical (unpaired) electrons. The predicted molar refractivity (Wildman–Crippen MR) is 121 cm³/mol. The number of thiophene rings is 1. The fraction of sp³-hybridized carbons (Fsp3) is 0.391. The van der Waals surface area contributed by atoms with Crippen molar-refractivity contribution in [2.45, 2.75) is 33.6 Å². The third-order valence-corrected chi connectivity index (χ3v) is 6.19. The van der Waals surface area contributed by atoms with Crippen molar-refractivity contribution in [2.24, 2.45) is 5.92 Å². The number of hydrogen-bond donors (Lipinski definition) is 1. The molecular formula is C23H26N2O6S. The number of hydrogen-bond acceptors (Lipinski definition) is 7. The van der Waals surface area contributed by atoms with E-state index in [9.17, 15) is 19.2 Å². The maximum absolute atomic E-state index is 12.8. The van der Waals surface area contributed by atoms with Gasteiger partial charge in [-0.1, -0.05) is 18.2 Å². The van der Waals surface area contributed by atoms with E-state index in [1.807, 2.05) is 6.92 Å². The van der Waals surface area contributed by atoms with Gasteiger partial charge in [-0.05, 0) is 51.3 Å². The SMILES string of the molecule is CCOC(=O)CN(C(=O)COC(=O)c1c(NC(=O)C2CC2)sc(C)c1C)c1ccccc1. The molecule has 2 aromatic rings. The molecule has 0 atom stereocenters. The zero-order valence-electron chi connectivity index (χ0n) is 18.3. The number of carbonyl (C=O) groups excluding carboxylic acids is 4. The fourth-order valence-corrected chi connectivity index (χ4v) is 4.12. The molecule has 1 aliphatic carbocycles. The Hall–Kier alpha value is -3.20. The first-order chi connectivity index (χ1) is 15.3.